The lowest BCUT2D eigenvalue weighted by Gasteiger charge is -2.18. The van der Waals surface area contributed by atoms with E-state index in [2.05, 4.69) is 69.7 Å². The predicted octanol–water partition coefficient (Wildman–Crippen LogP) is 8.36. The van der Waals surface area contributed by atoms with Crippen molar-refractivity contribution in [3.63, 3.8) is 0 Å². The van der Waals surface area contributed by atoms with Gasteiger partial charge < -0.3 is 5.32 Å². The van der Waals surface area contributed by atoms with Crippen molar-refractivity contribution in [1.82, 2.24) is 10.3 Å². The van der Waals surface area contributed by atoms with Crippen molar-refractivity contribution in [2.45, 2.75) is 73.1 Å². The van der Waals surface area contributed by atoms with Gasteiger partial charge in [0.15, 0.2) is 0 Å². The maximum atomic E-state index is 6.32. The second-order valence-corrected chi connectivity index (χ2v) is 8.95. The molecule has 1 aromatic rings. The first-order valence-electron chi connectivity index (χ1n) is 11.2. The molecular weight excluding hydrogens is 408 g/mol. The van der Waals surface area contributed by atoms with Crippen LogP contribution >= 0.6 is 23.4 Å². The van der Waals surface area contributed by atoms with E-state index in [0.29, 0.717) is 5.15 Å². The van der Waals surface area contributed by atoms with E-state index in [4.69, 9.17) is 11.6 Å². The normalized spacial score (nSPS) is 12.9. The molecule has 0 radical (unpaired) electrons. The minimum atomic E-state index is 0.522. The molecule has 30 heavy (non-hydrogen) atoms. The summed E-state index contributed by atoms with van der Waals surface area (Å²) in [6.07, 6.45) is 15.2. The summed E-state index contributed by atoms with van der Waals surface area (Å²) < 4.78 is 0. The number of halogens is 1. The van der Waals surface area contributed by atoms with Crippen LogP contribution in [-0.4, -0.2) is 16.6 Å². The topological polar surface area (TPSA) is 24.9 Å². The molecule has 0 bridgehead atoms. The van der Waals surface area contributed by atoms with E-state index < -0.39 is 0 Å². The Morgan fingerprint density at radius 3 is 2.63 bits per heavy atom. The van der Waals surface area contributed by atoms with Crippen molar-refractivity contribution in [3.8, 4) is 0 Å². The molecule has 0 saturated carbocycles. The number of nitrogens with one attached hydrogen (secondary N) is 1. The highest BCUT2D eigenvalue weighted by Gasteiger charge is 2.14. The third-order valence-electron chi connectivity index (χ3n) is 4.82. The molecule has 1 heterocycles. The number of aromatic nitrogens is 1. The maximum absolute atomic E-state index is 6.32. The summed E-state index contributed by atoms with van der Waals surface area (Å²) >= 11 is 8.24. The summed E-state index contributed by atoms with van der Waals surface area (Å²) in [6, 6.07) is 1.99. The van der Waals surface area contributed by atoms with Gasteiger partial charge in [-0.15, -0.1) is 11.8 Å². The van der Waals surface area contributed by atoms with Crippen molar-refractivity contribution in [3.05, 3.63) is 70.2 Å². The molecular formula is C26H39ClN2S. The Morgan fingerprint density at radius 2 is 2.00 bits per heavy atom. The Labute approximate surface area is 194 Å². The molecule has 0 unspecified atom stereocenters. The van der Waals surface area contributed by atoms with E-state index in [1.54, 1.807) is 0 Å². The Hall–Kier alpha value is -1.45. The van der Waals surface area contributed by atoms with Crippen LogP contribution in [-0.2, 0) is 6.42 Å². The first-order valence-corrected chi connectivity index (χ1v) is 12.7. The first-order chi connectivity index (χ1) is 14.5. The molecule has 1 aromatic heterocycles. The van der Waals surface area contributed by atoms with E-state index in [1.807, 2.05) is 24.0 Å². The van der Waals surface area contributed by atoms with Gasteiger partial charge in [0.05, 0.1) is 5.88 Å². The molecule has 0 amide bonds. The number of nitrogens with zero attached hydrogens (tertiary/aromatic N) is 1. The van der Waals surface area contributed by atoms with Crippen molar-refractivity contribution < 1.29 is 0 Å². The van der Waals surface area contributed by atoms with Crippen LogP contribution in [0.15, 0.2) is 53.9 Å². The largest absolute Gasteiger partial charge is 0.376 e. The number of hydrogen-bond donors (Lipinski definition) is 1. The van der Waals surface area contributed by atoms with Gasteiger partial charge in [-0.1, -0.05) is 82.5 Å². The Kier molecular flexibility index (Phi) is 13.6. The van der Waals surface area contributed by atoms with Crippen LogP contribution in [0.1, 0.15) is 77.8 Å². The lowest BCUT2D eigenvalue weighted by Crippen LogP contribution is -2.14. The minimum absolute atomic E-state index is 0.522. The number of aryl methyl sites for hydroxylation is 1. The molecule has 166 valence electrons. The standard InChI is InChI=1S/C26H39ClN2S/c1-7-11-14-23(21(6)29-19-30-15-12-8-2)25(16-20(5)13-9-3)24-17-26(27)28-18-22(24)10-4/h11,14,16-18,29H,6-10,12-13,15,19H2,1-5H3/b14-11-,20-16+,25-23-. The highest BCUT2D eigenvalue weighted by molar-refractivity contribution is 7.99. The van der Waals surface area contributed by atoms with Crippen LogP contribution in [0.3, 0.4) is 0 Å². The maximum Gasteiger partial charge on any atom is 0.129 e. The van der Waals surface area contributed by atoms with Crippen molar-refractivity contribution >= 4 is 28.9 Å². The molecule has 0 spiro atoms. The average molecular weight is 447 g/mol. The molecule has 2 nitrogen and oxygen atoms in total. The summed E-state index contributed by atoms with van der Waals surface area (Å²) in [6.45, 7) is 15.4. The van der Waals surface area contributed by atoms with Crippen LogP contribution in [0.2, 0.25) is 5.15 Å². The number of thioether (sulfide) groups is 1. The summed E-state index contributed by atoms with van der Waals surface area (Å²) in [5.41, 5.74) is 6.94. The zero-order valence-corrected chi connectivity index (χ0v) is 21.1. The third-order valence-corrected chi connectivity index (χ3v) is 5.96. The van der Waals surface area contributed by atoms with Crippen molar-refractivity contribution in [2.75, 3.05) is 11.6 Å². The van der Waals surface area contributed by atoms with Crippen LogP contribution < -0.4 is 5.32 Å². The van der Waals surface area contributed by atoms with Crippen molar-refractivity contribution in [2.24, 2.45) is 0 Å². The Morgan fingerprint density at radius 1 is 1.23 bits per heavy atom. The van der Waals surface area contributed by atoms with Gasteiger partial charge in [-0.25, -0.2) is 4.98 Å². The third kappa shape index (κ3) is 9.14. The van der Waals surface area contributed by atoms with Crippen LogP contribution in [0.4, 0.5) is 0 Å². The van der Waals surface area contributed by atoms with E-state index in [1.165, 1.54) is 35.3 Å². The quantitative estimate of drug-likeness (QED) is 0.134. The molecule has 0 aromatic carbocycles. The highest BCUT2D eigenvalue weighted by atomic mass is 35.5. The van der Waals surface area contributed by atoms with Crippen LogP contribution in [0, 0.1) is 0 Å². The summed E-state index contributed by atoms with van der Waals surface area (Å²) in [7, 11) is 0. The SMILES string of the molecule is C=C(NCSCCCC)C(/C=C\CC)=C(/C=C(\C)CCC)c1cc(Cl)ncc1CC. The minimum Gasteiger partial charge on any atom is -0.376 e. The van der Waals surface area contributed by atoms with E-state index >= 15 is 0 Å². The predicted molar refractivity (Wildman–Crippen MR) is 138 cm³/mol. The van der Waals surface area contributed by atoms with Gasteiger partial charge >= 0.3 is 0 Å². The second-order valence-electron chi connectivity index (χ2n) is 7.46. The first kappa shape index (κ1) is 26.6. The van der Waals surface area contributed by atoms with Gasteiger partial charge in [0.25, 0.3) is 0 Å². The number of hydrogen-bond acceptors (Lipinski definition) is 3. The molecule has 0 aliphatic heterocycles. The Bertz CT molecular complexity index is 762. The lowest BCUT2D eigenvalue weighted by molar-refractivity contribution is 0.892. The zero-order valence-electron chi connectivity index (χ0n) is 19.5. The molecule has 0 aliphatic carbocycles. The molecule has 0 saturated heterocycles. The van der Waals surface area contributed by atoms with Gasteiger partial charge in [0.2, 0.25) is 0 Å². The summed E-state index contributed by atoms with van der Waals surface area (Å²) in [4.78, 5) is 4.32. The summed E-state index contributed by atoms with van der Waals surface area (Å²) in [5.74, 6) is 2.04. The number of pyridine rings is 1. The van der Waals surface area contributed by atoms with Gasteiger partial charge in [-0.3, -0.25) is 0 Å². The second kappa shape index (κ2) is 15.4. The average Bonchev–Trinajstić information content (AvgIpc) is 2.73. The zero-order chi connectivity index (χ0) is 22.4. The van der Waals surface area contributed by atoms with Gasteiger partial charge in [-0.2, -0.15) is 0 Å². The number of rotatable bonds is 14. The van der Waals surface area contributed by atoms with E-state index in [-0.39, 0.29) is 0 Å². The van der Waals surface area contributed by atoms with E-state index in [9.17, 15) is 0 Å². The van der Waals surface area contributed by atoms with Crippen LogP contribution in [0.25, 0.3) is 5.57 Å². The van der Waals surface area contributed by atoms with Gasteiger partial charge in [0.1, 0.15) is 5.15 Å². The fourth-order valence-corrected chi connectivity index (χ4v) is 4.22. The summed E-state index contributed by atoms with van der Waals surface area (Å²) in [5, 5.41) is 4.06. The molecule has 0 aliphatic rings. The molecule has 0 atom stereocenters. The molecule has 1 N–H and O–H groups in total. The number of allylic oxidation sites excluding steroid dienone is 5. The van der Waals surface area contributed by atoms with Gasteiger partial charge in [0, 0.05) is 17.5 Å². The smallest absolute Gasteiger partial charge is 0.129 e. The molecule has 4 heteroatoms. The molecule has 1 rings (SSSR count). The highest BCUT2D eigenvalue weighted by Crippen LogP contribution is 2.31. The van der Waals surface area contributed by atoms with Crippen molar-refractivity contribution in [1.29, 1.82) is 0 Å². The fourth-order valence-electron chi connectivity index (χ4n) is 3.14. The van der Waals surface area contributed by atoms with Crippen LogP contribution in [0.5, 0.6) is 0 Å². The van der Waals surface area contributed by atoms with E-state index in [0.717, 1.165) is 48.4 Å². The lowest BCUT2D eigenvalue weighted by atomic mass is 9.91. The number of unbranched alkanes of at least 4 members (excludes halogenated alkanes) is 1. The fraction of sp³-hybridized carbons (Fsp3) is 0.500. The van der Waals surface area contributed by atoms with Gasteiger partial charge in [-0.05, 0) is 61.1 Å². The monoisotopic (exact) mass is 446 g/mol. The Balaban J connectivity index is 3.49. The molecule has 0 fully saturated rings.